The summed E-state index contributed by atoms with van der Waals surface area (Å²) >= 11 is 0. The second kappa shape index (κ2) is 7.31. The Bertz CT molecular complexity index is 906. The van der Waals surface area contributed by atoms with Crippen molar-refractivity contribution in [1.29, 1.82) is 0 Å². The zero-order chi connectivity index (χ0) is 17.8. The van der Waals surface area contributed by atoms with E-state index in [2.05, 4.69) is 10.4 Å². The minimum atomic E-state index is -0.0486. The van der Waals surface area contributed by atoms with Crippen LogP contribution in [0.3, 0.4) is 0 Å². The molecule has 2 heterocycles. The number of para-hydroxylation sites is 1. The summed E-state index contributed by atoms with van der Waals surface area (Å²) in [5.41, 5.74) is 2.81. The molecule has 6 heteroatoms. The lowest BCUT2D eigenvalue weighted by Gasteiger charge is -2.18. The Kier molecular flexibility index (Phi) is 4.55. The van der Waals surface area contributed by atoms with Crippen LogP contribution in [0.1, 0.15) is 11.1 Å². The Morgan fingerprint density at radius 3 is 2.69 bits per heavy atom. The number of carbonyl (C=O) groups excluding carboxylic acids is 1. The Balaban J connectivity index is 1.34. The maximum Gasteiger partial charge on any atom is 0.224 e. The minimum Gasteiger partial charge on any atom is -0.486 e. The Labute approximate surface area is 151 Å². The molecule has 2 aromatic carbocycles. The van der Waals surface area contributed by atoms with Gasteiger partial charge in [-0.3, -0.25) is 4.79 Å². The van der Waals surface area contributed by atoms with E-state index in [4.69, 9.17) is 9.47 Å². The predicted molar refractivity (Wildman–Crippen MR) is 96.5 cm³/mol. The minimum absolute atomic E-state index is 0.0486. The molecular formula is C20H19N3O3. The fourth-order valence-corrected chi connectivity index (χ4v) is 2.82. The molecule has 0 aliphatic carbocycles. The lowest BCUT2D eigenvalue weighted by molar-refractivity contribution is -0.120. The van der Waals surface area contributed by atoms with Crippen molar-refractivity contribution < 1.29 is 14.3 Å². The highest BCUT2D eigenvalue weighted by Gasteiger charge is 2.12. The SMILES string of the molecule is O=C(Cc1cnn(-c2ccccc2)c1)NCc1ccc2c(c1)OCCO2. The number of ether oxygens (including phenoxy) is 2. The van der Waals surface area contributed by atoms with Crippen LogP contribution in [-0.2, 0) is 17.8 Å². The molecule has 6 nitrogen and oxygen atoms in total. The number of carbonyl (C=O) groups is 1. The molecule has 1 amide bonds. The van der Waals surface area contributed by atoms with Gasteiger partial charge in [0.2, 0.25) is 5.91 Å². The molecule has 0 fully saturated rings. The number of hydrogen-bond donors (Lipinski definition) is 1. The highest BCUT2D eigenvalue weighted by molar-refractivity contribution is 5.78. The molecule has 26 heavy (non-hydrogen) atoms. The van der Waals surface area contributed by atoms with Crippen molar-refractivity contribution in [1.82, 2.24) is 15.1 Å². The first-order valence-corrected chi connectivity index (χ1v) is 8.52. The van der Waals surface area contributed by atoms with Crippen molar-refractivity contribution >= 4 is 5.91 Å². The summed E-state index contributed by atoms with van der Waals surface area (Å²) in [5, 5.41) is 7.24. The lowest BCUT2D eigenvalue weighted by atomic mass is 10.2. The van der Waals surface area contributed by atoms with Crippen LogP contribution in [0.15, 0.2) is 60.9 Å². The van der Waals surface area contributed by atoms with E-state index in [0.29, 0.717) is 19.8 Å². The van der Waals surface area contributed by atoms with Crippen LogP contribution in [0, 0.1) is 0 Å². The van der Waals surface area contributed by atoms with E-state index in [1.807, 2.05) is 54.7 Å². The highest BCUT2D eigenvalue weighted by atomic mass is 16.6. The van der Waals surface area contributed by atoms with E-state index in [1.54, 1.807) is 10.9 Å². The number of nitrogens with one attached hydrogen (secondary N) is 1. The average molecular weight is 349 g/mol. The smallest absolute Gasteiger partial charge is 0.224 e. The molecule has 1 aliphatic heterocycles. The number of aromatic nitrogens is 2. The molecule has 0 bridgehead atoms. The third-order valence-electron chi connectivity index (χ3n) is 4.12. The first-order chi connectivity index (χ1) is 12.8. The van der Waals surface area contributed by atoms with Gasteiger partial charge in [-0.2, -0.15) is 5.10 Å². The summed E-state index contributed by atoms with van der Waals surface area (Å²) in [5.74, 6) is 1.43. The molecular weight excluding hydrogens is 330 g/mol. The van der Waals surface area contributed by atoms with E-state index in [-0.39, 0.29) is 12.3 Å². The van der Waals surface area contributed by atoms with E-state index in [0.717, 1.165) is 28.3 Å². The van der Waals surface area contributed by atoms with Gasteiger partial charge in [-0.1, -0.05) is 24.3 Å². The maximum atomic E-state index is 12.2. The lowest BCUT2D eigenvalue weighted by Crippen LogP contribution is -2.24. The molecule has 1 aliphatic rings. The van der Waals surface area contributed by atoms with Gasteiger partial charge in [-0.15, -0.1) is 0 Å². The van der Waals surface area contributed by atoms with Gasteiger partial charge in [0.15, 0.2) is 11.5 Å². The summed E-state index contributed by atoms with van der Waals surface area (Å²) in [6.45, 7) is 1.57. The van der Waals surface area contributed by atoms with Crippen LogP contribution >= 0.6 is 0 Å². The number of amides is 1. The van der Waals surface area contributed by atoms with Gasteiger partial charge in [-0.25, -0.2) is 4.68 Å². The van der Waals surface area contributed by atoms with E-state index in [9.17, 15) is 4.79 Å². The molecule has 1 aromatic heterocycles. The summed E-state index contributed by atoms with van der Waals surface area (Å²) in [6, 6.07) is 15.5. The fraction of sp³-hybridized carbons (Fsp3) is 0.200. The van der Waals surface area contributed by atoms with Gasteiger partial charge in [0, 0.05) is 12.7 Å². The van der Waals surface area contributed by atoms with Crippen molar-refractivity contribution in [3.8, 4) is 17.2 Å². The molecule has 0 unspecified atom stereocenters. The molecule has 0 spiro atoms. The summed E-state index contributed by atoms with van der Waals surface area (Å²) < 4.78 is 12.8. The van der Waals surface area contributed by atoms with Gasteiger partial charge in [0.1, 0.15) is 13.2 Å². The third kappa shape index (κ3) is 3.69. The van der Waals surface area contributed by atoms with Crippen molar-refractivity contribution in [2.75, 3.05) is 13.2 Å². The number of hydrogen-bond acceptors (Lipinski definition) is 4. The molecule has 132 valence electrons. The van der Waals surface area contributed by atoms with Gasteiger partial charge in [0.25, 0.3) is 0 Å². The van der Waals surface area contributed by atoms with E-state index >= 15 is 0 Å². The van der Waals surface area contributed by atoms with Gasteiger partial charge in [-0.05, 0) is 35.4 Å². The van der Waals surface area contributed by atoms with Gasteiger partial charge >= 0.3 is 0 Å². The van der Waals surface area contributed by atoms with Crippen LogP contribution < -0.4 is 14.8 Å². The standard InChI is InChI=1S/C20H19N3O3/c24-20(11-16-13-22-23(14-16)17-4-2-1-3-5-17)21-12-15-6-7-18-19(10-15)26-9-8-25-18/h1-7,10,13-14H,8-9,11-12H2,(H,21,24). The molecule has 4 rings (SSSR count). The number of benzene rings is 2. The number of nitrogens with zero attached hydrogens (tertiary/aromatic N) is 2. The van der Waals surface area contributed by atoms with Crippen molar-refractivity contribution in [2.45, 2.75) is 13.0 Å². The van der Waals surface area contributed by atoms with Crippen LogP contribution in [0.5, 0.6) is 11.5 Å². The molecule has 3 aromatic rings. The zero-order valence-electron chi connectivity index (χ0n) is 14.2. The highest BCUT2D eigenvalue weighted by Crippen LogP contribution is 2.30. The van der Waals surface area contributed by atoms with Crippen LogP contribution in [0.25, 0.3) is 5.69 Å². The first-order valence-electron chi connectivity index (χ1n) is 8.52. The molecule has 0 saturated carbocycles. The maximum absolute atomic E-state index is 12.2. The Morgan fingerprint density at radius 1 is 1.04 bits per heavy atom. The van der Waals surface area contributed by atoms with Gasteiger partial charge in [0.05, 0.1) is 18.3 Å². The molecule has 0 atom stereocenters. The van der Waals surface area contributed by atoms with E-state index in [1.165, 1.54) is 0 Å². The topological polar surface area (TPSA) is 65.4 Å². The second-order valence-electron chi connectivity index (χ2n) is 6.06. The monoisotopic (exact) mass is 349 g/mol. The normalized spacial score (nSPS) is 12.6. The Morgan fingerprint density at radius 2 is 1.85 bits per heavy atom. The quantitative estimate of drug-likeness (QED) is 0.769. The molecule has 0 saturated heterocycles. The third-order valence-corrected chi connectivity index (χ3v) is 4.12. The number of rotatable bonds is 5. The average Bonchev–Trinajstić information content (AvgIpc) is 3.15. The molecule has 0 radical (unpaired) electrons. The number of fused-ring (bicyclic) bond motifs is 1. The van der Waals surface area contributed by atoms with Crippen molar-refractivity contribution in [3.63, 3.8) is 0 Å². The zero-order valence-corrected chi connectivity index (χ0v) is 14.2. The van der Waals surface area contributed by atoms with Crippen LogP contribution in [-0.4, -0.2) is 28.9 Å². The van der Waals surface area contributed by atoms with E-state index < -0.39 is 0 Å². The predicted octanol–water partition coefficient (Wildman–Crippen LogP) is 2.50. The summed E-state index contributed by atoms with van der Waals surface area (Å²) in [6.07, 6.45) is 3.88. The second-order valence-corrected chi connectivity index (χ2v) is 6.06. The van der Waals surface area contributed by atoms with Crippen molar-refractivity contribution in [3.05, 3.63) is 72.1 Å². The summed E-state index contributed by atoms with van der Waals surface area (Å²) in [7, 11) is 0. The molecule has 1 N–H and O–H groups in total. The fourth-order valence-electron chi connectivity index (χ4n) is 2.82. The first kappa shape index (κ1) is 16.2. The largest absolute Gasteiger partial charge is 0.486 e. The summed E-state index contributed by atoms with van der Waals surface area (Å²) in [4.78, 5) is 12.2. The van der Waals surface area contributed by atoms with Crippen molar-refractivity contribution in [2.24, 2.45) is 0 Å². The van der Waals surface area contributed by atoms with Crippen LogP contribution in [0.2, 0.25) is 0 Å². The van der Waals surface area contributed by atoms with Crippen LogP contribution in [0.4, 0.5) is 0 Å². The van der Waals surface area contributed by atoms with Gasteiger partial charge < -0.3 is 14.8 Å². The Hall–Kier alpha value is -3.28.